The number of rotatable bonds is 1. The van der Waals surface area contributed by atoms with Gasteiger partial charge in [-0.2, -0.15) is 9.97 Å². The van der Waals surface area contributed by atoms with E-state index in [0.717, 1.165) is 0 Å². The van der Waals surface area contributed by atoms with Crippen LogP contribution in [0.5, 0.6) is 0 Å². The summed E-state index contributed by atoms with van der Waals surface area (Å²) in [4.78, 5) is 24.2. The molecular formula is C12H8ClN5O. The normalized spacial score (nSPS) is 10.8. The van der Waals surface area contributed by atoms with Crippen LogP contribution >= 0.6 is 11.6 Å². The molecule has 19 heavy (non-hydrogen) atoms. The first-order chi connectivity index (χ1) is 9.16. The summed E-state index contributed by atoms with van der Waals surface area (Å²) in [6.07, 6.45) is 1.36. The predicted octanol–water partition coefficient (Wildman–Crippen LogP) is 1.75. The highest BCUT2D eigenvalue weighted by Gasteiger charge is 2.16. The summed E-state index contributed by atoms with van der Waals surface area (Å²) >= 11 is 5.75. The minimum absolute atomic E-state index is 0.0207. The van der Waals surface area contributed by atoms with Crippen molar-refractivity contribution >= 4 is 34.5 Å². The van der Waals surface area contributed by atoms with Crippen molar-refractivity contribution < 1.29 is 4.79 Å². The first kappa shape index (κ1) is 11.6. The number of fused-ring (bicyclic) bond motifs is 1. The van der Waals surface area contributed by atoms with E-state index in [1.807, 2.05) is 6.07 Å². The first-order valence-corrected chi connectivity index (χ1v) is 5.80. The maximum Gasteiger partial charge on any atom is 0.264 e. The second-order valence-electron chi connectivity index (χ2n) is 3.84. The number of anilines is 1. The number of nitrogens with two attached hydrogens (primary N) is 1. The summed E-state index contributed by atoms with van der Waals surface area (Å²) in [5, 5.41) is -0.0207. The summed E-state index contributed by atoms with van der Waals surface area (Å²) in [5.74, 6) is -0.105. The Morgan fingerprint density at radius 3 is 2.68 bits per heavy atom. The number of halogens is 1. The summed E-state index contributed by atoms with van der Waals surface area (Å²) in [5.41, 5.74) is 6.86. The van der Waals surface area contributed by atoms with E-state index in [9.17, 15) is 4.79 Å². The maximum absolute atomic E-state index is 12.3. The van der Waals surface area contributed by atoms with Gasteiger partial charge in [0.15, 0.2) is 17.0 Å². The summed E-state index contributed by atoms with van der Waals surface area (Å²) < 4.78 is 1.30. The van der Waals surface area contributed by atoms with Crippen molar-refractivity contribution in [1.82, 2.24) is 19.5 Å². The van der Waals surface area contributed by atoms with E-state index in [2.05, 4.69) is 15.0 Å². The van der Waals surface area contributed by atoms with Crippen LogP contribution in [-0.4, -0.2) is 25.4 Å². The first-order valence-electron chi connectivity index (χ1n) is 5.42. The van der Waals surface area contributed by atoms with Gasteiger partial charge < -0.3 is 5.73 Å². The number of benzene rings is 1. The molecule has 0 radical (unpaired) electrons. The van der Waals surface area contributed by atoms with Gasteiger partial charge >= 0.3 is 0 Å². The third-order valence-electron chi connectivity index (χ3n) is 2.64. The van der Waals surface area contributed by atoms with Gasteiger partial charge in [0.2, 0.25) is 5.28 Å². The van der Waals surface area contributed by atoms with Crippen molar-refractivity contribution in [2.75, 3.05) is 5.73 Å². The molecule has 2 heterocycles. The average Bonchev–Trinajstić information content (AvgIpc) is 2.83. The molecule has 7 heteroatoms. The minimum atomic E-state index is -0.253. The van der Waals surface area contributed by atoms with Crippen LogP contribution in [0.25, 0.3) is 11.2 Å². The van der Waals surface area contributed by atoms with E-state index in [1.165, 1.54) is 10.9 Å². The molecule has 0 aliphatic carbocycles. The zero-order valence-electron chi connectivity index (χ0n) is 9.62. The molecule has 2 aromatic heterocycles. The molecule has 0 spiro atoms. The number of aromatic nitrogens is 4. The maximum atomic E-state index is 12.3. The average molecular weight is 274 g/mol. The number of nitrogen functional groups attached to an aromatic ring is 1. The van der Waals surface area contributed by atoms with Crippen LogP contribution in [0.3, 0.4) is 0 Å². The number of carbonyl (C=O) groups is 1. The van der Waals surface area contributed by atoms with E-state index in [0.29, 0.717) is 16.7 Å². The molecule has 0 amide bonds. The third kappa shape index (κ3) is 1.92. The largest absolute Gasteiger partial charge is 0.382 e. The predicted molar refractivity (Wildman–Crippen MR) is 70.9 cm³/mol. The second-order valence-corrected chi connectivity index (χ2v) is 4.17. The number of hydrogen-bond donors (Lipinski definition) is 1. The Balaban J connectivity index is 2.19. The van der Waals surface area contributed by atoms with Gasteiger partial charge in [-0.3, -0.25) is 4.79 Å². The highest BCUT2D eigenvalue weighted by atomic mass is 35.5. The highest BCUT2D eigenvalue weighted by Crippen LogP contribution is 2.19. The number of nitrogens with zero attached hydrogens (tertiary/aromatic N) is 4. The molecule has 0 aliphatic heterocycles. The number of hydrogen-bond acceptors (Lipinski definition) is 5. The van der Waals surface area contributed by atoms with Gasteiger partial charge in [-0.15, -0.1) is 0 Å². The van der Waals surface area contributed by atoms with Gasteiger partial charge in [0.05, 0.1) is 0 Å². The van der Waals surface area contributed by atoms with Gasteiger partial charge in [-0.25, -0.2) is 9.55 Å². The topological polar surface area (TPSA) is 86.7 Å². The summed E-state index contributed by atoms with van der Waals surface area (Å²) in [6.45, 7) is 0. The Kier molecular flexibility index (Phi) is 2.64. The zero-order valence-corrected chi connectivity index (χ0v) is 10.4. The molecule has 94 valence electrons. The van der Waals surface area contributed by atoms with Crippen LogP contribution < -0.4 is 5.73 Å². The quantitative estimate of drug-likeness (QED) is 0.683. The van der Waals surface area contributed by atoms with Crippen LogP contribution in [0.1, 0.15) is 10.4 Å². The molecule has 3 aromatic rings. The van der Waals surface area contributed by atoms with Gasteiger partial charge in [0.25, 0.3) is 5.91 Å². The van der Waals surface area contributed by atoms with Crippen LogP contribution in [-0.2, 0) is 0 Å². The van der Waals surface area contributed by atoms with E-state index in [1.54, 1.807) is 24.3 Å². The van der Waals surface area contributed by atoms with Crippen LogP contribution in [0.15, 0.2) is 36.7 Å². The van der Waals surface area contributed by atoms with Crippen molar-refractivity contribution in [1.29, 1.82) is 0 Å². The third-order valence-corrected chi connectivity index (χ3v) is 2.80. The summed E-state index contributed by atoms with van der Waals surface area (Å²) in [7, 11) is 0. The highest BCUT2D eigenvalue weighted by molar-refractivity contribution is 6.28. The Hall–Kier alpha value is -2.47. The van der Waals surface area contributed by atoms with Gasteiger partial charge in [0.1, 0.15) is 6.33 Å². The Labute approximate surface area is 112 Å². The van der Waals surface area contributed by atoms with E-state index in [-0.39, 0.29) is 17.0 Å². The second kappa shape index (κ2) is 4.33. The van der Waals surface area contributed by atoms with Crippen molar-refractivity contribution in [3.63, 3.8) is 0 Å². The minimum Gasteiger partial charge on any atom is -0.382 e. The Morgan fingerprint density at radius 1 is 1.21 bits per heavy atom. The molecule has 0 bridgehead atoms. The zero-order chi connectivity index (χ0) is 13.4. The van der Waals surface area contributed by atoms with Gasteiger partial charge in [0, 0.05) is 5.56 Å². The van der Waals surface area contributed by atoms with E-state index >= 15 is 0 Å². The lowest BCUT2D eigenvalue weighted by Gasteiger charge is -2.02. The smallest absolute Gasteiger partial charge is 0.264 e. The van der Waals surface area contributed by atoms with E-state index < -0.39 is 0 Å². The lowest BCUT2D eigenvalue weighted by molar-refractivity contribution is 0.0964. The molecule has 6 nitrogen and oxygen atoms in total. The lowest BCUT2D eigenvalue weighted by atomic mass is 10.2. The van der Waals surface area contributed by atoms with Crippen molar-refractivity contribution in [2.24, 2.45) is 0 Å². The number of carbonyl (C=O) groups excluding carboxylic acids is 1. The molecule has 1 aromatic carbocycles. The summed E-state index contributed by atoms with van der Waals surface area (Å²) in [6, 6.07) is 8.81. The molecule has 0 unspecified atom stereocenters. The molecule has 0 saturated heterocycles. The fraction of sp³-hybridized carbons (Fsp3) is 0. The van der Waals surface area contributed by atoms with Crippen molar-refractivity contribution in [2.45, 2.75) is 0 Å². The Bertz CT molecular complexity index is 768. The van der Waals surface area contributed by atoms with Crippen LogP contribution in [0.2, 0.25) is 5.28 Å². The van der Waals surface area contributed by atoms with Crippen molar-refractivity contribution in [3.8, 4) is 0 Å². The molecule has 0 atom stereocenters. The van der Waals surface area contributed by atoms with Crippen LogP contribution in [0, 0.1) is 0 Å². The molecule has 0 aliphatic rings. The van der Waals surface area contributed by atoms with Gasteiger partial charge in [-0.05, 0) is 23.7 Å². The van der Waals surface area contributed by atoms with Crippen molar-refractivity contribution in [3.05, 3.63) is 47.5 Å². The molecule has 0 fully saturated rings. The molecule has 2 N–H and O–H groups in total. The SMILES string of the molecule is Nc1nc(Cl)nc2c1ncn2C(=O)c1ccccc1. The standard InChI is InChI=1S/C12H8ClN5O/c13-12-16-9(14)8-10(17-12)18(6-15-8)11(19)7-4-2-1-3-5-7/h1-6H,(H2,14,16,17). The van der Waals surface area contributed by atoms with Crippen LogP contribution in [0.4, 0.5) is 5.82 Å². The number of imidazole rings is 1. The Morgan fingerprint density at radius 2 is 1.95 bits per heavy atom. The molecule has 3 rings (SSSR count). The fourth-order valence-corrected chi connectivity index (χ4v) is 1.93. The van der Waals surface area contributed by atoms with Gasteiger partial charge in [-0.1, -0.05) is 18.2 Å². The lowest BCUT2D eigenvalue weighted by Crippen LogP contribution is -2.11. The monoisotopic (exact) mass is 273 g/mol. The molecular weight excluding hydrogens is 266 g/mol. The fourth-order valence-electron chi connectivity index (χ4n) is 1.76. The van der Waals surface area contributed by atoms with E-state index in [4.69, 9.17) is 17.3 Å². The molecule has 0 saturated carbocycles.